The van der Waals surface area contributed by atoms with Gasteiger partial charge in [-0.1, -0.05) is 84.9 Å². The van der Waals surface area contributed by atoms with E-state index in [-0.39, 0.29) is 18.8 Å². The lowest BCUT2D eigenvalue weighted by Gasteiger charge is -2.14. The summed E-state index contributed by atoms with van der Waals surface area (Å²) in [6.07, 6.45) is -1.48. The van der Waals surface area contributed by atoms with Crippen LogP contribution >= 0.6 is 0 Å². The van der Waals surface area contributed by atoms with Crippen molar-refractivity contribution in [3.05, 3.63) is 107 Å². The Morgan fingerprint density at radius 1 is 0.931 bits per heavy atom. The summed E-state index contributed by atoms with van der Waals surface area (Å²) < 4.78 is 5.27. The van der Waals surface area contributed by atoms with Gasteiger partial charge in [0.25, 0.3) is 0 Å². The molecule has 1 aliphatic rings. The van der Waals surface area contributed by atoms with Gasteiger partial charge < -0.3 is 4.74 Å². The van der Waals surface area contributed by atoms with Crippen LogP contribution in [0.2, 0.25) is 0 Å². The maximum atomic E-state index is 12.8. The third-order valence-electron chi connectivity index (χ3n) is 4.71. The highest BCUT2D eigenvalue weighted by atomic mass is 16.5. The molecule has 0 spiro atoms. The average Bonchev–Trinajstić information content (AvgIpc) is 2.90. The Balaban J connectivity index is 1.58. The Hall–Kier alpha value is -3.73. The van der Waals surface area contributed by atoms with Crippen molar-refractivity contribution in [3.8, 4) is 0 Å². The van der Waals surface area contributed by atoms with Crippen LogP contribution in [0, 0.1) is 0 Å². The number of benzene rings is 3. The summed E-state index contributed by atoms with van der Waals surface area (Å²) in [4.78, 5) is 29.7. The van der Waals surface area contributed by atoms with Crippen LogP contribution in [0.15, 0.2) is 89.9 Å². The number of alkyl carbamates (subject to hydrolysis) is 1. The Bertz CT molecular complexity index is 1050. The van der Waals surface area contributed by atoms with Crippen LogP contribution < -0.4 is 5.32 Å². The average molecular weight is 384 g/mol. The quantitative estimate of drug-likeness (QED) is 0.742. The monoisotopic (exact) mass is 384 g/mol. The van der Waals surface area contributed by atoms with Crippen molar-refractivity contribution in [2.75, 3.05) is 0 Å². The van der Waals surface area contributed by atoms with E-state index < -0.39 is 12.3 Å². The smallest absolute Gasteiger partial charge is 0.409 e. The number of rotatable bonds is 4. The summed E-state index contributed by atoms with van der Waals surface area (Å²) in [7, 11) is 0. The zero-order valence-electron chi connectivity index (χ0n) is 15.7. The highest BCUT2D eigenvalue weighted by Crippen LogP contribution is 2.21. The van der Waals surface area contributed by atoms with Gasteiger partial charge in [0, 0.05) is 17.5 Å². The van der Waals surface area contributed by atoms with Crippen molar-refractivity contribution in [3.63, 3.8) is 0 Å². The number of amides is 1. The summed E-state index contributed by atoms with van der Waals surface area (Å²) in [6, 6.07) is 26.7. The first-order valence-corrected chi connectivity index (χ1v) is 9.42. The lowest BCUT2D eigenvalue weighted by molar-refractivity contribution is -0.120. The lowest BCUT2D eigenvalue weighted by atomic mass is 9.96. The number of Topliss-reactive ketones (excluding diaryl/α,β-unsaturated/α-hetero) is 1. The molecule has 3 aromatic carbocycles. The number of ether oxygens (including phenoxy) is 1. The molecule has 1 unspecified atom stereocenters. The molecule has 5 heteroatoms. The van der Waals surface area contributed by atoms with Crippen LogP contribution in [0.3, 0.4) is 0 Å². The minimum Gasteiger partial charge on any atom is -0.445 e. The van der Waals surface area contributed by atoms with Gasteiger partial charge in [-0.25, -0.2) is 4.79 Å². The Kier molecular flexibility index (Phi) is 5.47. The first kappa shape index (κ1) is 18.6. The second-order valence-corrected chi connectivity index (χ2v) is 6.75. The van der Waals surface area contributed by atoms with E-state index in [1.54, 1.807) is 0 Å². The Morgan fingerprint density at radius 2 is 1.59 bits per heavy atom. The summed E-state index contributed by atoms with van der Waals surface area (Å²) in [5.41, 5.74) is 4.23. The van der Waals surface area contributed by atoms with Crippen LogP contribution in [0.1, 0.15) is 22.3 Å². The van der Waals surface area contributed by atoms with Crippen molar-refractivity contribution >= 4 is 17.6 Å². The third kappa shape index (κ3) is 4.41. The predicted octanol–water partition coefficient (Wildman–Crippen LogP) is 3.90. The van der Waals surface area contributed by atoms with E-state index in [2.05, 4.69) is 10.3 Å². The van der Waals surface area contributed by atoms with Gasteiger partial charge in [-0.3, -0.25) is 15.1 Å². The zero-order valence-corrected chi connectivity index (χ0v) is 15.7. The molecule has 3 aromatic rings. The minimum atomic E-state index is -0.999. The maximum Gasteiger partial charge on any atom is 0.409 e. The molecule has 1 N–H and O–H groups in total. The van der Waals surface area contributed by atoms with Gasteiger partial charge in [0.1, 0.15) is 6.61 Å². The molecule has 144 valence electrons. The van der Waals surface area contributed by atoms with Gasteiger partial charge in [0.15, 0.2) is 11.9 Å². The molecular weight excluding hydrogens is 364 g/mol. The minimum absolute atomic E-state index is 0.128. The highest BCUT2D eigenvalue weighted by Gasteiger charge is 2.27. The van der Waals surface area contributed by atoms with Crippen molar-refractivity contribution < 1.29 is 14.3 Å². The molecule has 1 heterocycles. The topological polar surface area (TPSA) is 67.8 Å². The SMILES string of the molecule is O=C(NC1N=C(c2ccccc2)c2ccccc2CC1=O)OCc1ccccc1. The second kappa shape index (κ2) is 8.52. The molecule has 4 rings (SSSR count). The summed E-state index contributed by atoms with van der Waals surface area (Å²) >= 11 is 0. The van der Waals surface area contributed by atoms with Crippen molar-refractivity contribution in [2.45, 2.75) is 19.2 Å². The predicted molar refractivity (Wildman–Crippen MR) is 111 cm³/mol. The molecular formula is C24H20N2O3. The molecule has 1 aliphatic heterocycles. The molecule has 0 saturated heterocycles. The van der Waals surface area contributed by atoms with E-state index >= 15 is 0 Å². The van der Waals surface area contributed by atoms with Crippen LogP contribution in [0.4, 0.5) is 4.79 Å². The van der Waals surface area contributed by atoms with Crippen molar-refractivity contribution in [2.24, 2.45) is 4.99 Å². The van der Waals surface area contributed by atoms with E-state index in [4.69, 9.17) is 4.74 Å². The van der Waals surface area contributed by atoms with Gasteiger partial charge in [0.2, 0.25) is 0 Å². The van der Waals surface area contributed by atoms with Crippen molar-refractivity contribution in [1.29, 1.82) is 0 Å². The van der Waals surface area contributed by atoms with E-state index in [1.807, 2.05) is 84.9 Å². The fourth-order valence-corrected chi connectivity index (χ4v) is 3.28. The summed E-state index contributed by atoms with van der Waals surface area (Å²) in [5.74, 6) is -0.181. The van der Waals surface area contributed by atoms with Crippen LogP contribution in [-0.4, -0.2) is 23.8 Å². The fourth-order valence-electron chi connectivity index (χ4n) is 3.28. The van der Waals surface area contributed by atoms with Gasteiger partial charge in [0.05, 0.1) is 5.71 Å². The number of nitrogens with one attached hydrogen (secondary N) is 1. The number of carbonyl (C=O) groups excluding carboxylic acids is 2. The van der Waals surface area contributed by atoms with Crippen LogP contribution in [0.5, 0.6) is 0 Å². The molecule has 5 nitrogen and oxygen atoms in total. The number of carbonyl (C=O) groups is 2. The van der Waals surface area contributed by atoms with E-state index in [0.29, 0.717) is 5.71 Å². The van der Waals surface area contributed by atoms with Crippen LogP contribution in [0.25, 0.3) is 0 Å². The first-order valence-electron chi connectivity index (χ1n) is 9.42. The molecule has 1 amide bonds. The second-order valence-electron chi connectivity index (χ2n) is 6.75. The number of hydrogen-bond donors (Lipinski definition) is 1. The number of aliphatic imine (C=N–C) groups is 1. The molecule has 0 bridgehead atoms. The van der Waals surface area contributed by atoms with Crippen LogP contribution in [-0.2, 0) is 22.6 Å². The lowest BCUT2D eigenvalue weighted by Crippen LogP contribution is -2.40. The number of fused-ring (bicyclic) bond motifs is 1. The molecule has 1 atom stereocenters. The zero-order chi connectivity index (χ0) is 20.1. The van der Waals surface area contributed by atoms with Gasteiger partial charge in [-0.2, -0.15) is 0 Å². The Morgan fingerprint density at radius 3 is 2.34 bits per heavy atom. The molecule has 29 heavy (non-hydrogen) atoms. The number of ketones is 1. The van der Waals surface area contributed by atoms with Gasteiger partial charge in [-0.05, 0) is 11.1 Å². The van der Waals surface area contributed by atoms with E-state index in [0.717, 1.165) is 22.3 Å². The molecule has 0 fully saturated rings. The Labute approximate surface area is 169 Å². The first-order chi connectivity index (χ1) is 14.2. The number of nitrogens with zero attached hydrogens (tertiary/aromatic N) is 1. The van der Waals surface area contributed by atoms with E-state index in [9.17, 15) is 9.59 Å². The standard InChI is InChI=1S/C24H20N2O3/c27-21-15-19-13-7-8-14-20(19)22(18-11-5-2-6-12-18)25-23(21)26-24(28)29-16-17-9-3-1-4-10-17/h1-14,23H,15-16H2,(H,26,28). The third-order valence-corrected chi connectivity index (χ3v) is 4.71. The van der Waals surface area contributed by atoms with E-state index in [1.165, 1.54) is 0 Å². The highest BCUT2D eigenvalue weighted by molar-refractivity contribution is 6.16. The van der Waals surface area contributed by atoms with Gasteiger partial charge in [-0.15, -0.1) is 0 Å². The fraction of sp³-hybridized carbons (Fsp3) is 0.125. The molecule has 0 radical (unpaired) electrons. The van der Waals surface area contributed by atoms with Crippen molar-refractivity contribution in [1.82, 2.24) is 5.32 Å². The molecule has 0 aromatic heterocycles. The number of hydrogen-bond acceptors (Lipinski definition) is 4. The largest absolute Gasteiger partial charge is 0.445 e. The summed E-state index contributed by atoms with van der Waals surface area (Å²) in [6.45, 7) is 0.128. The summed E-state index contributed by atoms with van der Waals surface area (Å²) in [5, 5.41) is 2.62. The normalized spacial score (nSPS) is 15.7. The van der Waals surface area contributed by atoms with Gasteiger partial charge >= 0.3 is 6.09 Å². The molecule has 0 saturated carbocycles. The molecule has 0 aliphatic carbocycles. The maximum absolute atomic E-state index is 12.8.